The van der Waals surface area contributed by atoms with Crippen LogP contribution in [-0.2, 0) is 6.18 Å². The third kappa shape index (κ3) is 5.22. The minimum atomic E-state index is -4.52. The molecule has 1 aliphatic heterocycles. The van der Waals surface area contributed by atoms with Gasteiger partial charge < -0.3 is 10.6 Å². The zero-order valence-corrected chi connectivity index (χ0v) is 17.8. The van der Waals surface area contributed by atoms with E-state index in [-0.39, 0.29) is 5.95 Å². The van der Waals surface area contributed by atoms with E-state index in [9.17, 15) is 13.2 Å². The summed E-state index contributed by atoms with van der Waals surface area (Å²) in [5.41, 5.74) is 2.64. The van der Waals surface area contributed by atoms with Crippen LogP contribution in [0, 0.1) is 6.92 Å². The van der Waals surface area contributed by atoms with Gasteiger partial charge in [0.1, 0.15) is 5.69 Å². The van der Waals surface area contributed by atoms with Gasteiger partial charge in [-0.25, -0.2) is 15.0 Å². The third-order valence-corrected chi connectivity index (χ3v) is 6.31. The van der Waals surface area contributed by atoms with Crippen LogP contribution in [-0.4, -0.2) is 21.5 Å². The second-order valence-electron chi connectivity index (χ2n) is 7.59. The summed E-state index contributed by atoms with van der Waals surface area (Å²) in [5.74, 6) is 0.300. The Balaban J connectivity index is 1.56. The fourth-order valence-electron chi connectivity index (χ4n) is 3.56. The first kappa shape index (κ1) is 21.3. The van der Waals surface area contributed by atoms with E-state index in [1.165, 1.54) is 0 Å². The van der Waals surface area contributed by atoms with Crippen molar-refractivity contribution >= 4 is 23.0 Å². The first-order chi connectivity index (χ1) is 14.8. The number of allylic oxidation sites excluding steroid dienone is 1. The molecule has 1 aromatic carbocycles. The van der Waals surface area contributed by atoms with Crippen LogP contribution in [0.15, 0.2) is 48.9 Å². The number of hydrogen-bond acceptors (Lipinski definition) is 6. The SMILES string of the molecule is C=C1CCC(c2ncc(-c3cc(C)cc(Nc4nccc(C(F)(F)F)n4)c3)s2)CCN1. The number of anilines is 2. The maximum absolute atomic E-state index is 12.9. The van der Waals surface area contributed by atoms with Crippen LogP contribution < -0.4 is 10.6 Å². The Labute approximate surface area is 182 Å². The molecular formula is C22H22F3N5S. The third-order valence-electron chi connectivity index (χ3n) is 5.10. The topological polar surface area (TPSA) is 62.7 Å². The van der Waals surface area contributed by atoms with Gasteiger partial charge in [0, 0.05) is 36.2 Å². The van der Waals surface area contributed by atoms with Gasteiger partial charge in [-0.1, -0.05) is 12.6 Å². The number of benzene rings is 1. The molecule has 2 aromatic heterocycles. The van der Waals surface area contributed by atoms with Gasteiger partial charge in [-0.3, -0.25) is 0 Å². The molecule has 3 heterocycles. The van der Waals surface area contributed by atoms with E-state index >= 15 is 0 Å². The van der Waals surface area contributed by atoms with Gasteiger partial charge in [-0.15, -0.1) is 11.3 Å². The minimum absolute atomic E-state index is 0.0949. The van der Waals surface area contributed by atoms with Gasteiger partial charge >= 0.3 is 6.18 Å². The summed E-state index contributed by atoms with van der Waals surface area (Å²) >= 11 is 1.66. The Hall–Kier alpha value is -2.94. The molecule has 31 heavy (non-hydrogen) atoms. The fourth-order valence-corrected chi connectivity index (χ4v) is 4.64. The van der Waals surface area contributed by atoms with Gasteiger partial charge in [0.25, 0.3) is 0 Å². The van der Waals surface area contributed by atoms with Crippen molar-refractivity contribution < 1.29 is 13.2 Å². The van der Waals surface area contributed by atoms with E-state index in [1.807, 2.05) is 31.3 Å². The average Bonchev–Trinajstić information content (AvgIpc) is 3.10. The first-order valence-corrected chi connectivity index (χ1v) is 10.8. The van der Waals surface area contributed by atoms with E-state index in [0.717, 1.165) is 64.8 Å². The van der Waals surface area contributed by atoms with Crippen molar-refractivity contribution in [2.24, 2.45) is 0 Å². The van der Waals surface area contributed by atoms with Crippen LogP contribution in [0.25, 0.3) is 10.4 Å². The van der Waals surface area contributed by atoms with E-state index < -0.39 is 11.9 Å². The predicted molar refractivity (Wildman–Crippen MR) is 116 cm³/mol. The molecule has 0 aliphatic carbocycles. The molecule has 2 N–H and O–H groups in total. The lowest BCUT2D eigenvalue weighted by atomic mass is 10.0. The van der Waals surface area contributed by atoms with Crippen LogP contribution in [0.5, 0.6) is 0 Å². The van der Waals surface area contributed by atoms with Gasteiger partial charge in [0.05, 0.1) is 9.88 Å². The summed E-state index contributed by atoms with van der Waals surface area (Å²) < 4.78 is 38.8. The number of halogens is 3. The van der Waals surface area contributed by atoms with Crippen LogP contribution in [0.1, 0.15) is 41.4 Å². The molecule has 5 nitrogen and oxygen atoms in total. The molecule has 1 aliphatic rings. The molecule has 1 unspecified atom stereocenters. The molecule has 0 saturated carbocycles. The van der Waals surface area contributed by atoms with Crippen molar-refractivity contribution in [3.63, 3.8) is 0 Å². The zero-order chi connectivity index (χ0) is 22.0. The highest BCUT2D eigenvalue weighted by molar-refractivity contribution is 7.15. The lowest BCUT2D eigenvalue weighted by Gasteiger charge is -2.11. The van der Waals surface area contributed by atoms with E-state index in [1.54, 1.807) is 11.3 Å². The molecule has 9 heteroatoms. The van der Waals surface area contributed by atoms with E-state index in [4.69, 9.17) is 0 Å². The van der Waals surface area contributed by atoms with Crippen molar-refractivity contribution in [3.8, 4) is 10.4 Å². The summed E-state index contributed by atoms with van der Waals surface area (Å²) in [7, 11) is 0. The van der Waals surface area contributed by atoms with Crippen molar-refractivity contribution in [1.82, 2.24) is 20.3 Å². The Bertz CT molecular complexity index is 1090. The molecule has 1 fully saturated rings. The highest BCUT2D eigenvalue weighted by atomic mass is 32.1. The van der Waals surface area contributed by atoms with Crippen LogP contribution >= 0.6 is 11.3 Å². The molecule has 0 amide bonds. The molecular weight excluding hydrogens is 423 g/mol. The number of alkyl halides is 3. The van der Waals surface area contributed by atoms with E-state index in [0.29, 0.717) is 11.6 Å². The number of nitrogens with one attached hydrogen (secondary N) is 2. The molecule has 3 aromatic rings. The summed E-state index contributed by atoms with van der Waals surface area (Å²) in [4.78, 5) is 13.2. The largest absolute Gasteiger partial charge is 0.433 e. The maximum atomic E-state index is 12.9. The van der Waals surface area contributed by atoms with Crippen molar-refractivity contribution in [2.45, 2.75) is 38.3 Å². The fraction of sp³-hybridized carbons (Fsp3) is 0.318. The summed E-state index contributed by atoms with van der Waals surface area (Å²) in [6.07, 6.45) is 1.42. The lowest BCUT2D eigenvalue weighted by molar-refractivity contribution is -0.141. The van der Waals surface area contributed by atoms with Crippen molar-refractivity contribution in [3.05, 3.63) is 65.2 Å². The highest BCUT2D eigenvalue weighted by Crippen LogP contribution is 2.36. The van der Waals surface area contributed by atoms with Gasteiger partial charge in [-0.05, 0) is 55.5 Å². The number of rotatable bonds is 4. The second kappa shape index (κ2) is 8.66. The Morgan fingerprint density at radius 2 is 2.03 bits per heavy atom. The van der Waals surface area contributed by atoms with Crippen molar-refractivity contribution in [1.29, 1.82) is 0 Å². The number of aryl methyl sites for hydroxylation is 1. The summed E-state index contributed by atoms with van der Waals surface area (Å²) in [6.45, 7) is 6.85. The van der Waals surface area contributed by atoms with Crippen LogP contribution in [0.4, 0.5) is 24.8 Å². The molecule has 0 bridgehead atoms. The normalized spacial score (nSPS) is 17.2. The highest BCUT2D eigenvalue weighted by Gasteiger charge is 2.32. The Morgan fingerprint density at radius 1 is 1.19 bits per heavy atom. The molecule has 0 spiro atoms. The maximum Gasteiger partial charge on any atom is 0.433 e. The Morgan fingerprint density at radius 3 is 2.84 bits per heavy atom. The minimum Gasteiger partial charge on any atom is -0.389 e. The second-order valence-corrected chi connectivity index (χ2v) is 8.66. The lowest BCUT2D eigenvalue weighted by Crippen LogP contribution is -2.11. The molecule has 1 saturated heterocycles. The average molecular weight is 446 g/mol. The number of aromatic nitrogens is 3. The molecule has 0 radical (unpaired) electrons. The van der Waals surface area contributed by atoms with Crippen LogP contribution in [0.2, 0.25) is 0 Å². The number of nitrogens with zero attached hydrogens (tertiary/aromatic N) is 3. The number of thiazole rings is 1. The van der Waals surface area contributed by atoms with E-state index in [2.05, 4.69) is 32.2 Å². The van der Waals surface area contributed by atoms with Gasteiger partial charge in [0.2, 0.25) is 5.95 Å². The molecule has 4 rings (SSSR count). The quantitative estimate of drug-likeness (QED) is 0.513. The summed E-state index contributed by atoms with van der Waals surface area (Å²) in [6, 6.07) is 6.61. The number of hydrogen-bond donors (Lipinski definition) is 2. The molecule has 162 valence electrons. The predicted octanol–water partition coefficient (Wildman–Crippen LogP) is 6.04. The summed E-state index contributed by atoms with van der Waals surface area (Å²) in [5, 5.41) is 7.32. The first-order valence-electron chi connectivity index (χ1n) is 9.94. The van der Waals surface area contributed by atoms with Crippen LogP contribution in [0.3, 0.4) is 0 Å². The van der Waals surface area contributed by atoms with Gasteiger partial charge in [0.15, 0.2) is 0 Å². The van der Waals surface area contributed by atoms with Crippen molar-refractivity contribution in [2.75, 3.05) is 11.9 Å². The smallest absolute Gasteiger partial charge is 0.389 e. The standard InChI is InChI=1S/C22H22F3N5S/c1-13-9-16(18-12-28-20(31-18)15-4-3-14(2)26-7-5-15)11-17(10-13)29-21-27-8-6-19(30-21)22(23,24)25/h6,8-12,15,26H,2-5,7H2,1H3,(H,27,29,30). The van der Waals surface area contributed by atoms with Gasteiger partial charge in [-0.2, -0.15) is 13.2 Å². The zero-order valence-electron chi connectivity index (χ0n) is 17.0. The monoisotopic (exact) mass is 445 g/mol. The Kier molecular flexibility index (Phi) is 5.95. The molecule has 1 atom stereocenters.